The lowest BCUT2D eigenvalue weighted by Gasteiger charge is -2.25. The van der Waals surface area contributed by atoms with Gasteiger partial charge < -0.3 is 5.73 Å². The molecule has 1 aromatic carbocycles. The first-order valence-corrected chi connectivity index (χ1v) is 8.38. The first-order valence-electron chi connectivity index (χ1n) is 6.94. The fourth-order valence-corrected chi connectivity index (χ4v) is 4.17. The molecule has 0 aliphatic rings. The minimum Gasteiger partial charge on any atom is -0.398 e. The molecule has 0 fully saturated rings. The van der Waals surface area contributed by atoms with Crippen LogP contribution in [-0.4, -0.2) is 25.8 Å². The number of rotatable bonds is 6. The summed E-state index contributed by atoms with van der Waals surface area (Å²) in [5.74, 6) is 0.171. The van der Waals surface area contributed by atoms with Crippen molar-refractivity contribution in [3.8, 4) is 6.07 Å². The largest absolute Gasteiger partial charge is 0.398 e. The third-order valence-corrected chi connectivity index (χ3v) is 5.42. The SMILES string of the molecule is Cc1ccc(N)c(S(=O)(=O)N(CCC#N)CC(C)C)c1C. The van der Waals surface area contributed by atoms with E-state index in [0.717, 1.165) is 5.56 Å². The van der Waals surface area contributed by atoms with Crippen molar-refractivity contribution in [3.05, 3.63) is 23.3 Å². The van der Waals surface area contributed by atoms with Crippen LogP contribution in [0.1, 0.15) is 31.4 Å². The van der Waals surface area contributed by atoms with Crippen molar-refractivity contribution < 1.29 is 8.42 Å². The molecule has 1 aromatic rings. The highest BCUT2D eigenvalue weighted by Crippen LogP contribution is 2.28. The van der Waals surface area contributed by atoms with E-state index in [9.17, 15) is 8.42 Å². The summed E-state index contributed by atoms with van der Waals surface area (Å²) in [5.41, 5.74) is 7.71. The minimum atomic E-state index is -3.69. The van der Waals surface area contributed by atoms with Gasteiger partial charge in [0, 0.05) is 19.5 Å². The number of benzene rings is 1. The van der Waals surface area contributed by atoms with Crippen LogP contribution in [0.5, 0.6) is 0 Å². The molecule has 21 heavy (non-hydrogen) atoms. The second-order valence-corrected chi connectivity index (χ2v) is 7.47. The van der Waals surface area contributed by atoms with Gasteiger partial charge in [-0.25, -0.2) is 8.42 Å². The molecule has 0 aromatic heterocycles. The molecule has 1 rings (SSSR count). The zero-order valence-electron chi connectivity index (χ0n) is 13.0. The summed E-state index contributed by atoms with van der Waals surface area (Å²) in [6.45, 7) is 8.07. The van der Waals surface area contributed by atoms with Gasteiger partial charge in [0.1, 0.15) is 4.90 Å². The number of hydrogen-bond acceptors (Lipinski definition) is 4. The molecule has 0 amide bonds. The van der Waals surface area contributed by atoms with Gasteiger partial charge in [-0.05, 0) is 37.0 Å². The van der Waals surface area contributed by atoms with E-state index >= 15 is 0 Å². The maximum atomic E-state index is 12.9. The van der Waals surface area contributed by atoms with Gasteiger partial charge >= 0.3 is 0 Å². The second kappa shape index (κ2) is 6.92. The van der Waals surface area contributed by atoms with Gasteiger partial charge in [-0.1, -0.05) is 19.9 Å². The highest BCUT2D eigenvalue weighted by molar-refractivity contribution is 7.89. The third kappa shape index (κ3) is 3.96. The van der Waals surface area contributed by atoms with Crippen LogP contribution < -0.4 is 5.73 Å². The number of nitrogens with two attached hydrogens (primary N) is 1. The van der Waals surface area contributed by atoms with Crippen LogP contribution in [0.2, 0.25) is 0 Å². The number of sulfonamides is 1. The summed E-state index contributed by atoms with van der Waals surface area (Å²) in [5, 5.41) is 8.74. The summed E-state index contributed by atoms with van der Waals surface area (Å²) in [7, 11) is -3.69. The highest BCUT2D eigenvalue weighted by Gasteiger charge is 2.28. The fraction of sp³-hybridized carbons (Fsp3) is 0.533. The summed E-state index contributed by atoms with van der Waals surface area (Å²) >= 11 is 0. The Balaban J connectivity index is 3.35. The minimum absolute atomic E-state index is 0.163. The van der Waals surface area contributed by atoms with Crippen LogP contribution in [-0.2, 0) is 10.0 Å². The Hall–Kier alpha value is -1.58. The molecule has 0 heterocycles. The van der Waals surface area contributed by atoms with Crippen LogP contribution >= 0.6 is 0 Å². The van der Waals surface area contributed by atoms with Gasteiger partial charge in [0.15, 0.2) is 0 Å². The van der Waals surface area contributed by atoms with E-state index < -0.39 is 10.0 Å². The van der Waals surface area contributed by atoms with Gasteiger partial charge in [-0.2, -0.15) is 9.57 Å². The summed E-state index contributed by atoms with van der Waals surface area (Å²) in [6.07, 6.45) is 0.163. The van der Waals surface area contributed by atoms with Gasteiger partial charge in [0.05, 0.1) is 11.8 Å². The van der Waals surface area contributed by atoms with Crippen molar-refractivity contribution in [1.82, 2.24) is 4.31 Å². The van der Waals surface area contributed by atoms with Crippen LogP contribution in [0.15, 0.2) is 17.0 Å². The lowest BCUT2D eigenvalue weighted by molar-refractivity contribution is 0.373. The van der Waals surface area contributed by atoms with Gasteiger partial charge in [0.2, 0.25) is 10.0 Å². The molecule has 0 unspecified atom stereocenters. The van der Waals surface area contributed by atoms with E-state index in [1.54, 1.807) is 13.0 Å². The maximum absolute atomic E-state index is 12.9. The van der Waals surface area contributed by atoms with Crippen molar-refractivity contribution in [2.24, 2.45) is 5.92 Å². The van der Waals surface area contributed by atoms with E-state index in [1.807, 2.05) is 32.9 Å². The quantitative estimate of drug-likeness (QED) is 0.818. The number of hydrogen-bond donors (Lipinski definition) is 1. The molecule has 0 radical (unpaired) electrons. The highest BCUT2D eigenvalue weighted by atomic mass is 32.2. The topological polar surface area (TPSA) is 87.2 Å². The number of anilines is 1. The Morgan fingerprint density at radius 1 is 1.33 bits per heavy atom. The summed E-state index contributed by atoms with van der Waals surface area (Å²) in [6, 6.07) is 5.43. The van der Waals surface area contributed by atoms with E-state index in [0.29, 0.717) is 12.1 Å². The van der Waals surface area contributed by atoms with E-state index in [4.69, 9.17) is 11.0 Å². The van der Waals surface area contributed by atoms with Gasteiger partial charge in [-0.15, -0.1) is 0 Å². The smallest absolute Gasteiger partial charge is 0.245 e. The Morgan fingerprint density at radius 3 is 2.48 bits per heavy atom. The van der Waals surface area contributed by atoms with E-state index in [1.165, 1.54) is 4.31 Å². The fourth-order valence-electron chi connectivity index (χ4n) is 2.17. The van der Waals surface area contributed by atoms with Gasteiger partial charge in [0.25, 0.3) is 0 Å². The molecule has 6 heteroatoms. The Kier molecular flexibility index (Phi) is 5.76. The maximum Gasteiger partial charge on any atom is 0.245 e. The summed E-state index contributed by atoms with van der Waals surface area (Å²) < 4.78 is 27.2. The van der Waals surface area contributed by atoms with Crippen LogP contribution in [0, 0.1) is 31.1 Å². The molecule has 5 nitrogen and oxygen atoms in total. The van der Waals surface area contributed by atoms with Crippen LogP contribution in [0.25, 0.3) is 0 Å². The second-order valence-electron chi connectivity index (χ2n) is 5.59. The lowest BCUT2D eigenvalue weighted by Crippen LogP contribution is -2.35. The molecule has 0 spiro atoms. The monoisotopic (exact) mass is 309 g/mol. The molecule has 116 valence electrons. The van der Waals surface area contributed by atoms with Crippen LogP contribution in [0.4, 0.5) is 5.69 Å². The molecule has 0 atom stereocenters. The molecule has 0 saturated heterocycles. The molecule has 0 saturated carbocycles. The lowest BCUT2D eigenvalue weighted by atomic mass is 10.1. The number of aryl methyl sites for hydroxylation is 1. The number of nitrogens with zero attached hydrogens (tertiary/aromatic N) is 2. The Bertz CT molecular complexity index is 646. The van der Waals surface area contributed by atoms with Crippen LogP contribution in [0.3, 0.4) is 0 Å². The molecule has 0 aliphatic carbocycles. The van der Waals surface area contributed by atoms with Gasteiger partial charge in [-0.3, -0.25) is 0 Å². The first-order chi connectivity index (χ1) is 9.71. The average Bonchev–Trinajstić information content (AvgIpc) is 2.38. The Labute approximate surface area is 127 Å². The zero-order valence-corrected chi connectivity index (χ0v) is 13.9. The molecular formula is C15H23N3O2S. The van der Waals surface area contributed by atoms with E-state index in [-0.39, 0.29) is 29.5 Å². The zero-order chi connectivity index (χ0) is 16.2. The standard InChI is InChI=1S/C15H23N3O2S/c1-11(2)10-18(9-5-8-16)21(19,20)15-13(4)12(3)6-7-14(15)17/h6-7,11H,5,9-10,17H2,1-4H3. The van der Waals surface area contributed by atoms with Crippen molar-refractivity contribution >= 4 is 15.7 Å². The van der Waals surface area contributed by atoms with Crippen molar-refractivity contribution in [3.63, 3.8) is 0 Å². The molecular weight excluding hydrogens is 286 g/mol. The third-order valence-electron chi connectivity index (χ3n) is 3.35. The first kappa shape index (κ1) is 17.5. The molecule has 0 bridgehead atoms. The van der Waals surface area contributed by atoms with Crippen molar-refractivity contribution in [2.75, 3.05) is 18.8 Å². The predicted octanol–water partition coefficient (Wildman–Crippen LogP) is 2.45. The predicted molar refractivity (Wildman–Crippen MR) is 84.2 cm³/mol. The molecule has 2 N–H and O–H groups in total. The number of nitriles is 1. The van der Waals surface area contributed by atoms with Crippen molar-refractivity contribution in [1.29, 1.82) is 5.26 Å². The van der Waals surface area contributed by atoms with Crippen molar-refractivity contribution in [2.45, 2.75) is 39.0 Å². The normalized spacial score (nSPS) is 11.9. The average molecular weight is 309 g/mol. The van der Waals surface area contributed by atoms with E-state index in [2.05, 4.69) is 0 Å². The Morgan fingerprint density at radius 2 is 1.95 bits per heavy atom. The summed E-state index contributed by atoms with van der Waals surface area (Å²) in [4.78, 5) is 0.168. The number of nitrogen functional groups attached to an aromatic ring is 1. The molecule has 0 aliphatic heterocycles.